The van der Waals surface area contributed by atoms with Crippen molar-refractivity contribution in [2.45, 2.75) is 13.0 Å². The lowest BCUT2D eigenvalue weighted by molar-refractivity contribution is 0.0691. The third kappa shape index (κ3) is 3.34. The molecular formula is C13H13N3O4S. The van der Waals surface area contributed by atoms with Gasteiger partial charge in [0.25, 0.3) is 5.91 Å². The number of carbonyl (C=O) groups is 2. The van der Waals surface area contributed by atoms with E-state index in [9.17, 15) is 9.59 Å². The number of ether oxygens (including phenoxy) is 1. The lowest BCUT2D eigenvalue weighted by Crippen LogP contribution is -2.27. The van der Waals surface area contributed by atoms with Crippen LogP contribution in [-0.2, 0) is 0 Å². The van der Waals surface area contributed by atoms with Crippen molar-refractivity contribution in [1.82, 2.24) is 15.3 Å². The number of hydrogen-bond donors (Lipinski definition) is 2. The average Bonchev–Trinajstić information content (AvgIpc) is 2.97. The molecule has 0 bridgehead atoms. The minimum absolute atomic E-state index is 0.0300. The van der Waals surface area contributed by atoms with Crippen molar-refractivity contribution in [2.75, 3.05) is 7.11 Å². The first-order chi connectivity index (χ1) is 10.0. The summed E-state index contributed by atoms with van der Waals surface area (Å²) in [5.41, 5.74) is 0.326. The molecule has 0 saturated heterocycles. The van der Waals surface area contributed by atoms with Crippen LogP contribution in [0, 0.1) is 0 Å². The molecule has 21 heavy (non-hydrogen) atoms. The lowest BCUT2D eigenvalue weighted by Gasteiger charge is -2.12. The first kappa shape index (κ1) is 14.9. The van der Waals surface area contributed by atoms with Crippen LogP contribution in [0.2, 0.25) is 0 Å². The highest BCUT2D eigenvalue weighted by atomic mass is 32.1. The molecule has 2 N–H and O–H groups in total. The molecule has 1 amide bonds. The zero-order valence-electron chi connectivity index (χ0n) is 11.4. The van der Waals surface area contributed by atoms with E-state index < -0.39 is 12.0 Å². The number of hydrogen-bond acceptors (Lipinski definition) is 6. The van der Waals surface area contributed by atoms with E-state index in [1.54, 1.807) is 13.0 Å². The normalized spacial score (nSPS) is 11.7. The van der Waals surface area contributed by atoms with Gasteiger partial charge in [0.15, 0.2) is 5.69 Å². The first-order valence-corrected chi connectivity index (χ1v) is 6.88. The van der Waals surface area contributed by atoms with E-state index in [2.05, 4.69) is 15.3 Å². The molecule has 0 spiro atoms. The second-order valence-electron chi connectivity index (χ2n) is 4.15. The maximum atomic E-state index is 12.2. The van der Waals surface area contributed by atoms with Crippen molar-refractivity contribution in [3.63, 3.8) is 0 Å². The fourth-order valence-electron chi connectivity index (χ4n) is 1.65. The van der Waals surface area contributed by atoms with E-state index in [1.165, 1.54) is 36.2 Å². The highest BCUT2D eigenvalue weighted by Crippen LogP contribution is 2.20. The quantitative estimate of drug-likeness (QED) is 0.872. The molecule has 1 atom stereocenters. The fraction of sp³-hybridized carbons (Fsp3) is 0.231. The van der Waals surface area contributed by atoms with E-state index >= 15 is 0 Å². The number of carboxylic acids is 1. The maximum Gasteiger partial charge on any atom is 0.355 e. The smallest absolute Gasteiger partial charge is 0.355 e. The number of aromatic nitrogens is 2. The van der Waals surface area contributed by atoms with Gasteiger partial charge in [0, 0.05) is 11.6 Å². The third-order valence-corrected chi connectivity index (χ3v) is 3.74. The Morgan fingerprint density at radius 1 is 1.48 bits per heavy atom. The van der Waals surface area contributed by atoms with Gasteiger partial charge in [-0.15, -0.1) is 11.3 Å². The van der Waals surface area contributed by atoms with Crippen LogP contribution in [0.5, 0.6) is 5.75 Å². The molecule has 7 nitrogen and oxygen atoms in total. The van der Waals surface area contributed by atoms with E-state index in [0.29, 0.717) is 16.3 Å². The Balaban J connectivity index is 2.13. The second-order valence-corrected chi connectivity index (χ2v) is 5.04. The summed E-state index contributed by atoms with van der Waals surface area (Å²) in [7, 11) is 1.46. The number of thiazole rings is 1. The predicted octanol–water partition coefficient (Wildman–Crippen LogP) is 1.74. The summed E-state index contributed by atoms with van der Waals surface area (Å²) in [4.78, 5) is 30.8. The topological polar surface area (TPSA) is 101 Å². The molecule has 0 saturated carbocycles. The van der Waals surface area contributed by atoms with Gasteiger partial charge in [-0.3, -0.25) is 9.78 Å². The van der Waals surface area contributed by atoms with Crippen LogP contribution in [0.3, 0.4) is 0 Å². The molecule has 8 heteroatoms. The Morgan fingerprint density at radius 3 is 2.86 bits per heavy atom. The van der Waals surface area contributed by atoms with E-state index in [4.69, 9.17) is 9.84 Å². The van der Waals surface area contributed by atoms with Crippen molar-refractivity contribution in [3.05, 3.63) is 40.1 Å². The number of pyridine rings is 1. The molecule has 0 radical (unpaired) electrons. The monoisotopic (exact) mass is 307 g/mol. The Morgan fingerprint density at radius 2 is 2.24 bits per heavy atom. The van der Waals surface area contributed by atoms with Crippen molar-refractivity contribution in [2.24, 2.45) is 0 Å². The zero-order valence-corrected chi connectivity index (χ0v) is 12.2. The van der Waals surface area contributed by atoms with Crippen molar-refractivity contribution in [3.8, 4) is 5.75 Å². The molecule has 0 aliphatic rings. The van der Waals surface area contributed by atoms with Gasteiger partial charge in [-0.05, 0) is 13.0 Å². The van der Waals surface area contributed by atoms with Crippen LogP contribution in [0.25, 0.3) is 0 Å². The highest BCUT2D eigenvalue weighted by Gasteiger charge is 2.18. The lowest BCUT2D eigenvalue weighted by atomic mass is 10.2. The molecule has 0 aliphatic heterocycles. The van der Waals surface area contributed by atoms with Crippen LogP contribution in [0.4, 0.5) is 0 Å². The molecule has 2 heterocycles. The van der Waals surface area contributed by atoms with Crippen LogP contribution >= 0.6 is 11.3 Å². The van der Waals surface area contributed by atoms with Crippen LogP contribution in [-0.4, -0.2) is 34.1 Å². The van der Waals surface area contributed by atoms with Gasteiger partial charge in [0.05, 0.1) is 24.9 Å². The number of nitrogens with one attached hydrogen (secondary N) is 1. The minimum atomic E-state index is -1.09. The number of rotatable bonds is 5. The van der Waals surface area contributed by atoms with Gasteiger partial charge < -0.3 is 15.2 Å². The number of amides is 1. The van der Waals surface area contributed by atoms with E-state index in [-0.39, 0.29) is 11.6 Å². The Bertz CT molecular complexity index is 671. The summed E-state index contributed by atoms with van der Waals surface area (Å²) >= 11 is 1.18. The molecular weight excluding hydrogens is 294 g/mol. The number of aromatic carboxylic acids is 1. The predicted molar refractivity (Wildman–Crippen MR) is 75.7 cm³/mol. The number of nitrogens with zero attached hydrogens (tertiary/aromatic N) is 2. The summed E-state index contributed by atoms with van der Waals surface area (Å²) in [6, 6.07) is 1.14. The van der Waals surface area contributed by atoms with Gasteiger partial charge in [-0.2, -0.15) is 0 Å². The molecule has 2 rings (SSSR count). The van der Waals surface area contributed by atoms with Crippen LogP contribution in [0.15, 0.2) is 23.8 Å². The molecule has 1 unspecified atom stereocenters. The second kappa shape index (κ2) is 6.31. The van der Waals surface area contributed by atoms with Crippen molar-refractivity contribution >= 4 is 23.2 Å². The highest BCUT2D eigenvalue weighted by molar-refractivity contribution is 7.09. The molecule has 110 valence electrons. The SMILES string of the molecule is COc1cnccc1C(=O)NC(C)c1nc(C(=O)O)cs1. The van der Waals surface area contributed by atoms with Crippen LogP contribution in [0.1, 0.15) is 38.8 Å². The number of carboxylic acid groups (broad SMARTS) is 1. The van der Waals surface area contributed by atoms with Crippen molar-refractivity contribution in [1.29, 1.82) is 0 Å². The molecule has 0 fully saturated rings. The number of methoxy groups -OCH3 is 1. The summed E-state index contributed by atoms with van der Waals surface area (Å²) in [6.45, 7) is 1.73. The van der Waals surface area contributed by atoms with E-state index in [0.717, 1.165) is 0 Å². The first-order valence-electron chi connectivity index (χ1n) is 6.00. The minimum Gasteiger partial charge on any atom is -0.494 e. The maximum absolute atomic E-state index is 12.2. The van der Waals surface area contributed by atoms with Crippen LogP contribution < -0.4 is 10.1 Å². The van der Waals surface area contributed by atoms with Crippen molar-refractivity contribution < 1.29 is 19.4 Å². The van der Waals surface area contributed by atoms with Gasteiger partial charge in [-0.1, -0.05) is 0 Å². The largest absolute Gasteiger partial charge is 0.494 e. The summed E-state index contributed by atoms with van der Waals surface area (Å²) in [6.07, 6.45) is 2.94. The van der Waals surface area contributed by atoms with Gasteiger partial charge in [0.1, 0.15) is 10.8 Å². The Hall–Kier alpha value is -2.48. The average molecular weight is 307 g/mol. The molecule has 0 aliphatic carbocycles. The molecule has 0 aromatic carbocycles. The standard InChI is InChI=1S/C13H13N3O4S/c1-7(12-16-9(6-21-12)13(18)19)15-11(17)8-3-4-14-5-10(8)20-2/h3-7H,1-2H3,(H,15,17)(H,18,19). The molecule has 2 aromatic heterocycles. The van der Waals surface area contributed by atoms with Gasteiger partial charge in [0.2, 0.25) is 0 Å². The Labute approximate surface area is 124 Å². The van der Waals surface area contributed by atoms with E-state index in [1.807, 2.05) is 0 Å². The fourth-order valence-corrected chi connectivity index (χ4v) is 2.45. The van der Waals surface area contributed by atoms with Gasteiger partial charge in [-0.25, -0.2) is 9.78 Å². The summed E-state index contributed by atoms with van der Waals surface area (Å²) in [5, 5.41) is 13.5. The number of carbonyl (C=O) groups excluding carboxylic acids is 1. The summed E-state index contributed by atoms with van der Waals surface area (Å²) < 4.78 is 5.08. The zero-order chi connectivity index (χ0) is 15.4. The van der Waals surface area contributed by atoms with Gasteiger partial charge >= 0.3 is 5.97 Å². The third-order valence-electron chi connectivity index (χ3n) is 2.71. The Kier molecular flexibility index (Phi) is 4.49. The molecule has 2 aromatic rings. The summed E-state index contributed by atoms with van der Waals surface area (Å²) in [5.74, 6) is -1.06.